The normalized spacial score (nSPS) is 16.1. The Labute approximate surface area is 106 Å². The number of esters is 2. The fourth-order valence-electron chi connectivity index (χ4n) is 1.64. The number of halogens is 2. The maximum atomic E-state index is 12.4. The molecule has 0 N–H and O–H groups in total. The van der Waals surface area contributed by atoms with Crippen LogP contribution < -0.4 is 4.90 Å². The lowest BCUT2D eigenvalue weighted by molar-refractivity contribution is -0.160. The summed E-state index contributed by atoms with van der Waals surface area (Å²) in [5, 5.41) is 0. The first-order valence-electron chi connectivity index (χ1n) is 5.08. The van der Waals surface area contributed by atoms with Gasteiger partial charge in [0.2, 0.25) is 0 Å². The SMILES string of the molecule is O=C1CN(c2ccccc2SC(F)F)CC(=O)O1. The summed E-state index contributed by atoms with van der Waals surface area (Å²) in [5.74, 6) is -3.91. The molecule has 1 heterocycles. The number of hydrogen-bond donors (Lipinski definition) is 0. The number of nitrogens with zero attached hydrogens (tertiary/aromatic N) is 1. The Morgan fingerprint density at radius 3 is 2.39 bits per heavy atom. The predicted molar refractivity (Wildman–Crippen MR) is 61.6 cm³/mol. The van der Waals surface area contributed by atoms with Crippen LogP contribution in [0.1, 0.15) is 0 Å². The van der Waals surface area contributed by atoms with Gasteiger partial charge in [0.1, 0.15) is 13.1 Å². The summed E-state index contributed by atoms with van der Waals surface area (Å²) in [6.45, 7) is -0.237. The minimum Gasteiger partial charge on any atom is -0.390 e. The smallest absolute Gasteiger partial charge is 0.333 e. The van der Waals surface area contributed by atoms with Crippen molar-refractivity contribution in [3.8, 4) is 0 Å². The van der Waals surface area contributed by atoms with Gasteiger partial charge < -0.3 is 9.64 Å². The fraction of sp³-hybridized carbons (Fsp3) is 0.273. The van der Waals surface area contributed by atoms with Gasteiger partial charge in [-0.2, -0.15) is 8.78 Å². The van der Waals surface area contributed by atoms with Gasteiger partial charge in [-0.3, -0.25) is 0 Å². The molecule has 0 saturated carbocycles. The van der Waals surface area contributed by atoms with Gasteiger partial charge >= 0.3 is 11.9 Å². The van der Waals surface area contributed by atoms with Crippen molar-refractivity contribution in [2.24, 2.45) is 0 Å². The second-order valence-corrected chi connectivity index (χ2v) is 4.58. The molecule has 0 bridgehead atoms. The molecule has 1 aromatic carbocycles. The average molecular weight is 273 g/mol. The first-order chi connectivity index (χ1) is 8.56. The van der Waals surface area contributed by atoms with Gasteiger partial charge in [-0.05, 0) is 12.1 Å². The molecular formula is C11H9F2NO3S. The van der Waals surface area contributed by atoms with Gasteiger partial charge in [0.05, 0.1) is 5.69 Å². The average Bonchev–Trinajstić information content (AvgIpc) is 2.27. The zero-order valence-corrected chi connectivity index (χ0v) is 9.95. The summed E-state index contributed by atoms with van der Waals surface area (Å²) in [7, 11) is 0. The maximum Gasteiger partial charge on any atom is 0.333 e. The summed E-state index contributed by atoms with van der Waals surface area (Å²) in [4.78, 5) is 24.1. The van der Waals surface area contributed by atoms with Gasteiger partial charge in [0.15, 0.2) is 0 Å². The van der Waals surface area contributed by atoms with Crippen molar-refractivity contribution in [3.05, 3.63) is 24.3 Å². The lowest BCUT2D eigenvalue weighted by atomic mass is 10.2. The van der Waals surface area contributed by atoms with E-state index in [-0.39, 0.29) is 13.1 Å². The highest BCUT2D eigenvalue weighted by atomic mass is 32.2. The van der Waals surface area contributed by atoms with Crippen LogP contribution in [-0.4, -0.2) is 30.8 Å². The molecule has 1 aliphatic rings. The summed E-state index contributed by atoms with van der Waals surface area (Å²) in [6, 6.07) is 6.40. The Bertz CT molecular complexity index is 465. The van der Waals surface area contributed by atoms with Gasteiger partial charge in [-0.25, -0.2) is 9.59 Å². The first kappa shape index (κ1) is 12.8. The third-order valence-electron chi connectivity index (χ3n) is 2.29. The third kappa shape index (κ3) is 2.98. The predicted octanol–water partition coefficient (Wildman–Crippen LogP) is 1.89. The number of hydrogen-bond acceptors (Lipinski definition) is 5. The Balaban J connectivity index is 2.26. The van der Waals surface area contributed by atoms with Crippen molar-refractivity contribution in [2.45, 2.75) is 10.7 Å². The molecule has 1 aliphatic heterocycles. The second kappa shape index (κ2) is 5.34. The lowest BCUT2D eigenvalue weighted by Crippen LogP contribution is -2.43. The highest BCUT2D eigenvalue weighted by Crippen LogP contribution is 2.34. The number of cyclic esters (lactones) is 2. The highest BCUT2D eigenvalue weighted by Gasteiger charge is 2.26. The standard InChI is InChI=1S/C11H9F2NO3S/c12-11(13)18-8-4-2-1-3-7(8)14-5-9(15)17-10(16)6-14/h1-4,11H,5-6H2. The molecule has 1 saturated heterocycles. The number of thioether (sulfide) groups is 1. The van der Waals surface area contributed by atoms with Crippen molar-refractivity contribution in [3.63, 3.8) is 0 Å². The molecule has 0 unspecified atom stereocenters. The molecule has 1 aromatic rings. The van der Waals surface area contributed by atoms with Crippen LogP contribution in [0.25, 0.3) is 0 Å². The fourth-order valence-corrected chi connectivity index (χ4v) is 2.31. The lowest BCUT2D eigenvalue weighted by Gasteiger charge is -2.27. The summed E-state index contributed by atoms with van der Waals surface area (Å²) in [5.41, 5.74) is 0.438. The first-order valence-corrected chi connectivity index (χ1v) is 5.96. The van der Waals surface area contributed by atoms with Crippen molar-refractivity contribution < 1.29 is 23.1 Å². The van der Waals surface area contributed by atoms with Crippen LogP contribution in [0.2, 0.25) is 0 Å². The Morgan fingerprint density at radius 1 is 1.17 bits per heavy atom. The van der Waals surface area contributed by atoms with Crippen LogP contribution in [0.5, 0.6) is 0 Å². The Morgan fingerprint density at radius 2 is 1.78 bits per heavy atom. The number of alkyl halides is 2. The van der Waals surface area contributed by atoms with Gasteiger partial charge in [-0.15, -0.1) is 0 Å². The molecule has 0 spiro atoms. The number of anilines is 1. The van der Waals surface area contributed by atoms with E-state index in [4.69, 9.17) is 0 Å². The minimum absolute atomic E-state index is 0.119. The van der Waals surface area contributed by atoms with Crippen LogP contribution in [0, 0.1) is 0 Å². The van der Waals surface area contributed by atoms with Crippen LogP contribution in [0.15, 0.2) is 29.2 Å². The summed E-state index contributed by atoms with van der Waals surface area (Å²) >= 11 is 0.383. The zero-order valence-electron chi connectivity index (χ0n) is 9.14. The van der Waals surface area contributed by atoms with Crippen LogP contribution in [0.4, 0.5) is 14.5 Å². The summed E-state index contributed by atoms with van der Waals surface area (Å²) in [6.07, 6.45) is 0. The van der Waals surface area contributed by atoms with Gasteiger partial charge in [-0.1, -0.05) is 23.9 Å². The Kier molecular flexibility index (Phi) is 3.81. The quantitative estimate of drug-likeness (QED) is 0.478. The highest BCUT2D eigenvalue weighted by molar-refractivity contribution is 7.99. The number of morpholine rings is 1. The molecule has 0 radical (unpaired) electrons. The molecule has 18 heavy (non-hydrogen) atoms. The third-order valence-corrected chi connectivity index (χ3v) is 3.07. The number of ether oxygens (including phenoxy) is 1. The zero-order chi connectivity index (χ0) is 13.1. The monoisotopic (exact) mass is 273 g/mol. The van der Waals surface area contributed by atoms with E-state index >= 15 is 0 Å². The van der Waals surface area contributed by atoms with Gasteiger partial charge in [0, 0.05) is 4.90 Å². The molecular weight excluding hydrogens is 264 g/mol. The Hall–Kier alpha value is -1.63. The number of para-hydroxylation sites is 1. The van der Waals surface area contributed by atoms with Crippen molar-refractivity contribution in [1.82, 2.24) is 0 Å². The summed E-state index contributed by atoms with van der Waals surface area (Å²) < 4.78 is 29.2. The van der Waals surface area contributed by atoms with Crippen molar-refractivity contribution in [2.75, 3.05) is 18.0 Å². The van der Waals surface area contributed by atoms with Crippen molar-refractivity contribution >= 4 is 29.4 Å². The van der Waals surface area contributed by atoms with E-state index in [2.05, 4.69) is 4.74 Å². The molecule has 1 fully saturated rings. The molecule has 0 amide bonds. The van der Waals surface area contributed by atoms with E-state index in [1.54, 1.807) is 18.2 Å². The van der Waals surface area contributed by atoms with E-state index in [9.17, 15) is 18.4 Å². The molecule has 4 nitrogen and oxygen atoms in total. The topological polar surface area (TPSA) is 46.6 Å². The van der Waals surface area contributed by atoms with Gasteiger partial charge in [0.25, 0.3) is 5.76 Å². The molecule has 0 aliphatic carbocycles. The van der Waals surface area contributed by atoms with E-state index in [0.29, 0.717) is 22.3 Å². The van der Waals surface area contributed by atoms with E-state index < -0.39 is 17.7 Å². The number of rotatable bonds is 3. The number of carbonyl (C=O) groups excluding carboxylic acids is 2. The molecule has 7 heteroatoms. The molecule has 0 aromatic heterocycles. The largest absolute Gasteiger partial charge is 0.390 e. The van der Waals surface area contributed by atoms with E-state index in [0.717, 1.165) is 0 Å². The number of carbonyl (C=O) groups is 2. The maximum absolute atomic E-state index is 12.4. The second-order valence-electron chi connectivity index (χ2n) is 3.55. The van der Waals surface area contributed by atoms with Crippen LogP contribution in [0.3, 0.4) is 0 Å². The van der Waals surface area contributed by atoms with Crippen LogP contribution >= 0.6 is 11.8 Å². The van der Waals surface area contributed by atoms with E-state index in [1.807, 2.05) is 0 Å². The molecule has 2 rings (SSSR count). The van der Waals surface area contributed by atoms with Crippen molar-refractivity contribution in [1.29, 1.82) is 0 Å². The van der Waals surface area contributed by atoms with E-state index in [1.165, 1.54) is 11.0 Å². The molecule has 0 atom stereocenters. The minimum atomic E-state index is -2.56. The number of benzene rings is 1. The molecule has 96 valence electrons. The van der Waals surface area contributed by atoms with Crippen LogP contribution in [-0.2, 0) is 14.3 Å².